The summed E-state index contributed by atoms with van der Waals surface area (Å²) >= 11 is 6.03. The summed E-state index contributed by atoms with van der Waals surface area (Å²) in [6, 6.07) is 13.8. The number of para-hydroxylation sites is 2. The Bertz CT molecular complexity index is 814. The molecule has 1 aromatic heterocycles. The summed E-state index contributed by atoms with van der Waals surface area (Å²) in [7, 11) is 1.68. The first-order valence-corrected chi connectivity index (χ1v) is 7.89. The molecule has 1 heterocycles. The van der Waals surface area contributed by atoms with Gasteiger partial charge in [-0.15, -0.1) is 0 Å². The Morgan fingerprint density at radius 1 is 1.17 bits per heavy atom. The van der Waals surface area contributed by atoms with Crippen molar-refractivity contribution in [2.75, 3.05) is 13.7 Å². The van der Waals surface area contributed by atoms with E-state index in [1.165, 1.54) is 0 Å². The SMILES string of the molecule is COCc1nc2ccccc2n1CCOc1ccc(Cl)c(C)c1. The van der Waals surface area contributed by atoms with Gasteiger partial charge in [0.2, 0.25) is 0 Å². The number of ether oxygens (including phenoxy) is 2. The molecular formula is C18H19ClN2O2. The van der Waals surface area contributed by atoms with E-state index in [1.807, 2.05) is 43.3 Å². The standard InChI is InChI=1S/C18H19ClN2O2/c1-13-11-14(7-8-15(13)19)23-10-9-21-17-6-4-3-5-16(17)20-18(21)12-22-2/h3-8,11H,9-10,12H2,1-2H3. The van der Waals surface area contributed by atoms with E-state index in [2.05, 4.69) is 15.6 Å². The highest BCUT2D eigenvalue weighted by molar-refractivity contribution is 6.31. The van der Waals surface area contributed by atoms with E-state index in [9.17, 15) is 0 Å². The van der Waals surface area contributed by atoms with E-state index in [4.69, 9.17) is 21.1 Å². The highest BCUT2D eigenvalue weighted by Gasteiger charge is 2.10. The smallest absolute Gasteiger partial charge is 0.136 e. The topological polar surface area (TPSA) is 36.3 Å². The molecule has 0 aliphatic heterocycles. The predicted octanol–water partition coefficient (Wildman–Crippen LogP) is 4.22. The molecule has 0 spiro atoms. The summed E-state index contributed by atoms with van der Waals surface area (Å²) in [6.07, 6.45) is 0. The van der Waals surface area contributed by atoms with Crippen LogP contribution in [0.15, 0.2) is 42.5 Å². The fourth-order valence-corrected chi connectivity index (χ4v) is 2.69. The molecule has 5 heteroatoms. The third-order valence-electron chi connectivity index (χ3n) is 3.72. The Labute approximate surface area is 140 Å². The number of benzene rings is 2. The van der Waals surface area contributed by atoms with E-state index < -0.39 is 0 Å². The van der Waals surface area contributed by atoms with Crippen molar-refractivity contribution in [3.05, 3.63) is 58.9 Å². The van der Waals surface area contributed by atoms with Gasteiger partial charge < -0.3 is 14.0 Å². The van der Waals surface area contributed by atoms with E-state index in [0.717, 1.165) is 33.2 Å². The summed E-state index contributed by atoms with van der Waals surface area (Å²) < 4.78 is 13.2. The number of hydrogen-bond donors (Lipinski definition) is 0. The molecule has 2 aromatic carbocycles. The molecule has 0 amide bonds. The highest BCUT2D eigenvalue weighted by Crippen LogP contribution is 2.21. The highest BCUT2D eigenvalue weighted by atomic mass is 35.5. The van der Waals surface area contributed by atoms with Crippen LogP contribution in [0.1, 0.15) is 11.4 Å². The lowest BCUT2D eigenvalue weighted by molar-refractivity contribution is 0.173. The lowest BCUT2D eigenvalue weighted by Crippen LogP contribution is -2.11. The summed E-state index contributed by atoms with van der Waals surface area (Å²) in [5, 5.41) is 0.750. The largest absolute Gasteiger partial charge is 0.492 e. The number of rotatable bonds is 6. The van der Waals surface area contributed by atoms with Crippen molar-refractivity contribution < 1.29 is 9.47 Å². The van der Waals surface area contributed by atoms with Crippen molar-refractivity contribution >= 4 is 22.6 Å². The van der Waals surface area contributed by atoms with Gasteiger partial charge in [-0.05, 0) is 42.8 Å². The van der Waals surface area contributed by atoms with Crippen LogP contribution >= 0.6 is 11.6 Å². The van der Waals surface area contributed by atoms with Gasteiger partial charge in [0.15, 0.2) is 0 Å². The molecule has 3 rings (SSSR count). The van der Waals surface area contributed by atoms with Gasteiger partial charge in [-0.1, -0.05) is 23.7 Å². The van der Waals surface area contributed by atoms with Gasteiger partial charge in [-0.2, -0.15) is 0 Å². The summed E-state index contributed by atoms with van der Waals surface area (Å²) in [6.45, 7) is 3.71. The van der Waals surface area contributed by atoms with Gasteiger partial charge in [-0.3, -0.25) is 0 Å². The van der Waals surface area contributed by atoms with Crippen LogP contribution in [0, 0.1) is 6.92 Å². The minimum atomic E-state index is 0.481. The molecule has 0 saturated carbocycles. The lowest BCUT2D eigenvalue weighted by Gasteiger charge is -2.11. The van der Waals surface area contributed by atoms with Gasteiger partial charge in [0.1, 0.15) is 24.8 Å². The predicted molar refractivity (Wildman–Crippen MR) is 92.1 cm³/mol. The third kappa shape index (κ3) is 3.49. The lowest BCUT2D eigenvalue weighted by atomic mass is 10.2. The van der Waals surface area contributed by atoms with Crippen molar-refractivity contribution in [3.8, 4) is 5.75 Å². The maximum atomic E-state index is 6.03. The Balaban J connectivity index is 1.75. The molecule has 0 saturated heterocycles. The second-order valence-corrected chi connectivity index (χ2v) is 5.77. The Morgan fingerprint density at radius 2 is 2.00 bits per heavy atom. The van der Waals surface area contributed by atoms with Crippen LogP contribution in [0.25, 0.3) is 11.0 Å². The number of nitrogens with zero attached hydrogens (tertiary/aromatic N) is 2. The molecular weight excluding hydrogens is 312 g/mol. The second-order valence-electron chi connectivity index (χ2n) is 5.36. The maximum absolute atomic E-state index is 6.03. The van der Waals surface area contributed by atoms with E-state index in [-0.39, 0.29) is 0 Å². The molecule has 120 valence electrons. The Morgan fingerprint density at radius 3 is 2.78 bits per heavy atom. The number of aryl methyl sites for hydroxylation is 1. The van der Waals surface area contributed by atoms with Gasteiger partial charge >= 0.3 is 0 Å². The number of fused-ring (bicyclic) bond motifs is 1. The van der Waals surface area contributed by atoms with Gasteiger partial charge in [0.25, 0.3) is 0 Å². The number of hydrogen-bond acceptors (Lipinski definition) is 3. The van der Waals surface area contributed by atoms with Crippen LogP contribution < -0.4 is 4.74 Å². The number of imidazole rings is 1. The minimum absolute atomic E-state index is 0.481. The fourth-order valence-electron chi connectivity index (χ4n) is 2.58. The van der Waals surface area contributed by atoms with Crippen molar-refractivity contribution in [1.29, 1.82) is 0 Å². The molecule has 0 radical (unpaired) electrons. The van der Waals surface area contributed by atoms with Crippen LogP contribution in [0.2, 0.25) is 5.02 Å². The number of halogens is 1. The minimum Gasteiger partial charge on any atom is -0.492 e. The molecule has 0 bridgehead atoms. The zero-order valence-electron chi connectivity index (χ0n) is 13.3. The molecule has 0 aliphatic carbocycles. The van der Waals surface area contributed by atoms with Crippen molar-refractivity contribution in [1.82, 2.24) is 9.55 Å². The van der Waals surface area contributed by atoms with Crippen LogP contribution in [0.4, 0.5) is 0 Å². The zero-order chi connectivity index (χ0) is 16.2. The summed E-state index contributed by atoms with van der Waals surface area (Å²) in [5.41, 5.74) is 3.08. The first kappa shape index (κ1) is 15.8. The first-order chi connectivity index (χ1) is 11.2. The van der Waals surface area contributed by atoms with E-state index >= 15 is 0 Å². The van der Waals surface area contributed by atoms with Gasteiger partial charge in [-0.25, -0.2) is 4.98 Å². The van der Waals surface area contributed by atoms with Gasteiger partial charge in [0.05, 0.1) is 17.6 Å². The average Bonchev–Trinajstić information content (AvgIpc) is 2.89. The monoisotopic (exact) mass is 330 g/mol. The molecule has 0 N–H and O–H groups in total. The van der Waals surface area contributed by atoms with Crippen LogP contribution in [-0.2, 0) is 17.9 Å². The first-order valence-electron chi connectivity index (χ1n) is 7.51. The van der Waals surface area contributed by atoms with Gasteiger partial charge in [0, 0.05) is 12.1 Å². The molecule has 0 unspecified atom stereocenters. The number of methoxy groups -OCH3 is 1. The quantitative estimate of drug-likeness (QED) is 0.679. The molecule has 0 fully saturated rings. The average molecular weight is 331 g/mol. The van der Waals surface area contributed by atoms with Crippen LogP contribution in [-0.4, -0.2) is 23.3 Å². The third-order valence-corrected chi connectivity index (χ3v) is 4.14. The van der Waals surface area contributed by atoms with E-state index in [1.54, 1.807) is 7.11 Å². The van der Waals surface area contributed by atoms with E-state index in [0.29, 0.717) is 19.8 Å². The molecule has 0 atom stereocenters. The number of aromatic nitrogens is 2. The molecule has 23 heavy (non-hydrogen) atoms. The summed E-state index contributed by atoms with van der Waals surface area (Å²) in [5.74, 6) is 1.73. The fraction of sp³-hybridized carbons (Fsp3) is 0.278. The Hall–Kier alpha value is -2.04. The van der Waals surface area contributed by atoms with Crippen molar-refractivity contribution in [2.45, 2.75) is 20.1 Å². The maximum Gasteiger partial charge on any atom is 0.136 e. The van der Waals surface area contributed by atoms with Crippen LogP contribution in [0.3, 0.4) is 0 Å². The molecule has 4 nitrogen and oxygen atoms in total. The van der Waals surface area contributed by atoms with Crippen LogP contribution in [0.5, 0.6) is 5.75 Å². The summed E-state index contributed by atoms with van der Waals surface area (Å²) in [4.78, 5) is 4.62. The second kappa shape index (κ2) is 7.02. The molecule has 3 aromatic rings. The zero-order valence-corrected chi connectivity index (χ0v) is 14.0. The Kier molecular flexibility index (Phi) is 4.84. The molecule has 0 aliphatic rings. The van der Waals surface area contributed by atoms with Crippen molar-refractivity contribution in [2.24, 2.45) is 0 Å². The normalized spacial score (nSPS) is 11.1. The van der Waals surface area contributed by atoms with Crippen molar-refractivity contribution in [3.63, 3.8) is 0 Å².